The summed E-state index contributed by atoms with van der Waals surface area (Å²) >= 11 is 0. The van der Waals surface area contributed by atoms with Crippen molar-refractivity contribution in [2.75, 3.05) is 19.8 Å². The van der Waals surface area contributed by atoms with Gasteiger partial charge in [-0.2, -0.15) is 0 Å². The first-order valence-electron chi connectivity index (χ1n) is 5.57. The SMILES string of the molecule is [CH2]C(CO)c1cccc(OCC)c1OCC. The van der Waals surface area contributed by atoms with Gasteiger partial charge in [0.25, 0.3) is 0 Å². The van der Waals surface area contributed by atoms with E-state index in [1.807, 2.05) is 32.0 Å². The molecule has 0 aliphatic heterocycles. The predicted octanol–water partition coefficient (Wildman–Crippen LogP) is 2.39. The predicted molar refractivity (Wildman–Crippen MR) is 64.0 cm³/mol. The number of aliphatic hydroxyl groups excluding tert-OH is 1. The summed E-state index contributed by atoms with van der Waals surface area (Å²) in [6.07, 6.45) is 0. The molecular formula is C13H19O3. The topological polar surface area (TPSA) is 38.7 Å². The summed E-state index contributed by atoms with van der Waals surface area (Å²) in [6, 6.07) is 5.65. The monoisotopic (exact) mass is 223 g/mol. The third-order valence-corrected chi connectivity index (χ3v) is 2.26. The summed E-state index contributed by atoms with van der Waals surface area (Å²) < 4.78 is 11.1. The maximum absolute atomic E-state index is 9.14. The number of rotatable bonds is 6. The Kier molecular flexibility index (Phi) is 5.12. The molecule has 1 rings (SSSR count). The molecule has 0 heterocycles. The van der Waals surface area contributed by atoms with Gasteiger partial charge in [-0.3, -0.25) is 0 Å². The second-order valence-corrected chi connectivity index (χ2v) is 3.42. The Labute approximate surface area is 97.0 Å². The van der Waals surface area contributed by atoms with Gasteiger partial charge in [-0.05, 0) is 26.8 Å². The van der Waals surface area contributed by atoms with Crippen molar-refractivity contribution in [1.29, 1.82) is 0 Å². The van der Waals surface area contributed by atoms with Gasteiger partial charge in [0.15, 0.2) is 11.5 Å². The van der Waals surface area contributed by atoms with Crippen molar-refractivity contribution < 1.29 is 14.6 Å². The molecule has 89 valence electrons. The van der Waals surface area contributed by atoms with Crippen molar-refractivity contribution >= 4 is 0 Å². The average Bonchev–Trinajstić information content (AvgIpc) is 2.31. The standard InChI is InChI=1S/C13H19O3/c1-4-15-12-8-6-7-11(10(3)9-14)13(12)16-5-2/h6-8,10,14H,3-5,9H2,1-2H3. The maximum Gasteiger partial charge on any atom is 0.164 e. The lowest BCUT2D eigenvalue weighted by atomic mass is 10.0. The molecule has 0 spiro atoms. The largest absolute Gasteiger partial charge is 0.490 e. The Bertz CT molecular complexity index is 323. The molecule has 1 atom stereocenters. The fraction of sp³-hybridized carbons (Fsp3) is 0.462. The van der Waals surface area contributed by atoms with E-state index < -0.39 is 0 Å². The highest BCUT2D eigenvalue weighted by atomic mass is 16.5. The molecule has 0 aliphatic carbocycles. The average molecular weight is 223 g/mol. The molecule has 1 radical (unpaired) electrons. The van der Waals surface area contributed by atoms with Crippen LogP contribution in [-0.4, -0.2) is 24.9 Å². The molecule has 1 aromatic rings. The molecule has 0 aromatic heterocycles. The van der Waals surface area contributed by atoms with E-state index >= 15 is 0 Å². The van der Waals surface area contributed by atoms with Crippen LogP contribution in [-0.2, 0) is 0 Å². The van der Waals surface area contributed by atoms with Gasteiger partial charge in [0.1, 0.15) is 0 Å². The van der Waals surface area contributed by atoms with Crippen molar-refractivity contribution in [3.8, 4) is 11.5 Å². The van der Waals surface area contributed by atoms with E-state index in [4.69, 9.17) is 14.6 Å². The molecule has 0 bridgehead atoms. The second-order valence-electron chi connectivity index (χ2n) is 3.42. The Morgan fingerprint density at radius 1 is 1.25 bits per heavy atom. The number of ether oxygens (including phenoxy) is 2. The van der Waals surface area contributed by atoms with Crippen molar-refractivity contribution in [3.05, 3.63) is 30.7 Å². The lowest BCUT2D eigenvalue weighted by Crippen LogP contribution is -2.06. The van der Waals surface area contributed by atoms with E-state index in [1.54, 1.807) is 0 Å². The van der Waals surface area contributed by atoms with Crippen LogP contribution in [0.5, 0.6) is 11.5 Å². The molecule has 3 heteroatoms. The molecule has 16 heavy (non-hydrogen) atoms. The van der Waals surface area contributed by atoms with Crippen LogP contribution in [0, 0.1) is 6.92 Å². The summed E-state index contributed by atoms with van der Waals surface area (Å²) in [4.78, 5) is 0. The van der Waals surface area contributed by atoms with E-state index in [9.17, 15) is 0 Å². The van der Waals surface area contributed by atoms with E-state index in [0.717, 1.165) is 5.56 Å². The first-order chi connectivity index (χ1) is 7.74. The smallest absolute Gasteiger partial charge is 0.164 e. The van der Waals surface area contributed by atoms with Crippen LogP contribution in [0.1, 0.15) is 25.3 Å². The van der Waals surface area contributed by atoms with E-state index in [-0.39, 0.29) is 12.5 Å². The van der Waals surface area contributed by atoms with Gasteiger partial charge in [-0.15, -0.1) is 0 Å². The molecule has 0 aliphatic rings. The molecule has 1 aromatic carbocycles. The van der Waals surface area contributed by atoms with E-state index in [2.05, 4.69) is 6.92 Å². The molecule has 0 saturated heterocycles. The Hall–Kier alpha value is -1.22. The molecule has 3 nitrogen and oxygen atoms in total. The van der Waals surface area contributed by atoms with E-state index in [1.165, 1.54) is 0 Å². The maximum atomic E-state index is 9.14. The Morgan fingerprint density at radius 3 is 2.50 bits per heavy atom. The fourth-order valence-electron chi connectivity index (χ4n) is 1.52. The second kappa shape index (κ2) is 6.38. The van der Waals surface area contributed by atoms with Crippen LogP contribution in [0.25, 0.3) is 0 Å². The highest BCUT2D eigenvalue weighted by Gasteiger charge is 2.15. The number of benzene rings is 1. The van der Waals surface area contributed by atoms with Gasteiger partial charge in [0.2, 0.25) is 0 Å². The summed E-state index contributed by atoms with van der Waals surface area (Å²) in [5.74, 6) is 1.21. The summed E-state index contributed by atoms with van der Waals surface area (Å²) in [5.41, 5.74) is 0.885. The van der Waals surface area contributed by atoms with Gasteiger partial charge in [-0.25, -0.2) is 0 Å². The van der Waals surface area contributed by atoms with Crippen molar-refractivity contribution in [1.82, 2.24) is 0 Å². The first-order valence-corrected chi connectivity index (χ1v) is 5.57. The van der Waals surface area contributed by atoms with Crippen LogP contribution in [0.4, 0.5) is 0 Å². The molecule has 0 fully saturated rings. The number of aliphatic hydroxyl groups is 1. The Morgan fingerprint density at radius 2 is 1.94 bits per heavy atom. The van der Waals surface area contributed by atoms with Gasteiger partial charge < -0.3 is 14.6 Å². The first kappa shape index (κ1) is 12.8. The van der Waals surface area contributed by atoms with Crippen molar-refractivity contribution in [2.45, 2.75) is 19.8 Å². The minimum absolute atomic E-state index is 0.00431. The van der Waals surface area contributed by atoms with Crippen LogP contribution in [0.15, 0.2) is 18.2 Å². The molecule has 1 N–H and O–H groups in total. The number of hydrogen-bond donors (Lipinski definition) is 1. The van der Waals surface area contributed by atoms with Crippen LogP contribution in [0.3, 0.4) is 0 Å². The summed E-state index contributed by atoms with van der Waals surface area (Å²) in [7, 11) is 0. The van der Waals surface area contributed by atoms with Crippen molar-refractivity contribution in [3.63, 3.8) is 0 Å². The van der Waals surface area contributed by atoms with Gasteiger partial charge >= 0.3 is 0 Å². The molecule has 0 amide bonds. The lowest BCUT2D eigenvalue weighted by Gasteiger charge is -2.17. The fourth-order valence-corrected chi connectivity index (χ4v) is 1.52. The van der Waals surface area contributed by atoms with Gasteiger partial charge in [0.05, 0.1) is 19.8 Å². The lowest BCUT2D eigenvalue weighted by molar-refractivity contribution is 0.266. The van der Waals surface area contributed by atoms with E-state index in [0.29, 0.717) is 24.7 Å². The van der Waals surface area contributed by atoms with Crippen LogP contribution < -0.4 is 9.47 Å². The zero-order valence-corrected chi connectivity index (χ0v) is 9.90. The summed E-state index contributed by atoms with van der Waals surface area (Å²) in [5, 5.41) is 9.14. The quantitative estimate of drug-likeness (QED) is 0.804. The van der Waals surface area contributed by atoms with Crippen LogP contribution in [0.2, 0.25) is 0 Å². The minimum Gasteiger partial charge on any atom is -0.490 e. The number of hydrogen-bond acceptors (Lipinski definition) is 3. The zero-order chi connectivity index (χ0) is 12.0. The molecule has 1 unspecified atom stereocenters. The molecule has 0 saturated carbocycles. The molecular weight excluding hydrogens is 204 g/mol. The number of para-hydroxylation sites is 1. The zero-order valence-electron chi connectivity index (χ0n) is 9.90. The Balaban J connectivity index is 3.09. The van der Waals surface area contributed by atoms with Crippen molar-refractivity contribution in [2.24, 2.45) is 0 Å². The summed E-state index contributed by atoms with van der Waals surface area (Å²) in [6.45, 7) is 8.88. The third-order valence-electron chi connectivity index (χ3n) is 2.26. The highest BCUT2D eigenvalue weighted by molar-refractivity contribution is 5.48. The third kappa shape index (κ3) is 2.89. The van der Waals surface area contributed by atoms with Gasteiger partial charge in [0, 0.05) is 11.5 Å². The van der Waals surface area contributed by atoms with Gasteiger partial charge in [-0.1, -0.05) is 12.1 Å². The normalized spacial score (nSPS) is 12.2. The highest BCUT2D eigenvalue weighted by Crippen LogP contribution is 2.35. The minimum atomic E-state index is -0.193. The van der Waals surface area contributed by atoms with Crippen LogP contribution >= 0.6 is 0 Å².